The molecule has 0 aromatic carbocycles. The molecule has 2 aliphatic rings. The molecule has 0 N–H and O–H groups in total. The summed E-state index contributed by atoms with van der Waals surface area (Å²) in [5, 5.41) is 0. The monoisotopic (exact) mass is 377 g/mol. The van der Waals surface area contributed by atoms with Gasteiger partial charge < -0.3 is 23.6 Å². The van der Waals surface area contributed by atoms with Crippen molar-refractivity contribution >= 4 is 15.5 Å². The van der Waals surface area contributed by atoms with E-state index in [1.54, 1.807) is 25.9 Å². The summed E-state index contributed by atoms with van der Waals surface area (Å²) < 4.78 is 40.2. The van der Waals surface area contributed by atoms with Crippen LogP contribution in [0.25, 0.3) is 0 Å². The number of hydrogen-bond donors (Lipinski definition) is 0. The summed E-state index contributed by atoms with van der Waals surface area (Å²) in [4.78, 5) is 2.22. The van der Waals surface area contributed by atoms with Gasteiger partial charge in [-0.2, -0.15) is 0 Å². The van der Waals surface area contributed by atoms with Crippen LogP contribution in [0.2, 0.25) is 0 Å². The molecule has 0 amide bonds. The fourth-order valence-corrected chi connectivity index (χ4v) is 5.59. The lowest BCUT2D eigenvalue weighted by Gasteiger charge is -2.42. The highest BCUT2D eigenvalue weighted by Crippen LogP contribution is 2.53. The van der Waals surface area contributed by atoms with Gasteiger partial charge in [0.15, 0.2) is 0 Å². The Morgan fingerprint density at radius 1 is 1.16 bits per heavy atom. The average molecular weight is 377 g/mol. The first kappa shape index (κ1) is 21.3. The molecule has 0 radical (unpaired) electrons. The van der Waals surface area contributed by atoms with Gasteiger partial charge in [0.05, 0.1) is 31.5 Å². The van der Waals surface area contributed by atoms with Gasteiger partial charge in [0.25, 0.3) is 0 Å². The third-order valence-electron chi connectivity index (χ3n) is 4.46. The number of likely N-dealkylation sites (N-methyl/N-ethyl adjacent to an activating group) is 1. The van der Waals surface area contributed by atoms with Crippen molar-refractivity contribution in [3.05, 3.63) is 0 Å². The van der Waals surface area contributed by atoms with Crippen molar-refractivity contribution in [3.8, 4) is 0 Å². The van der Waals surface area contributed by atoms with Crippen LogP contribution in [0.1, 0.15) is 6.92 Å². The van der Waals surface area contributed by atoms with E-state index in [-0.39, 0.29) is 24.3 Å². The lowest BCUT2D eigenvalue weighted by atomic mass is 9.98. The molecule has 5 atom stereocenters. The second-order valence-electron chi connectivity index (χ2n) is 7.32. The number of methoxy groups -OCH3 is 1. The van der Waals surface area contributed by atoms with E-state index in [9.17, 15) is 4.57 Å². The number of morpholine rings is 2. The first-order chi connectivity index (χ1) is 11.7. The van der Waals surface area contributed by atoms with E-state index in [0.717, 1.165) is 13.1 Å². The smallest absolute Gasteiger partial charge is 0.345 e. The molecule has 0 aromatic rings. The molecule has 0 saturated carbocycles. The molecule has 2 heterocycles. The molecule has 146 valence electrons. The van der Waals surface area contributed by atoms with Gasteiger partial charge in [-0.3, -0.25) is 4.57 Å². The van der Waals surface area contributed by atoms with E-state index in [1.165, 1.54) is 0 Å². The molecule has 1 unspecified atom stereocenters. The van der Waals surface area contributed by atoms with Crippen molar-refractivity contribution in [2.75, 3.05) is 67.6 Å². The molecule has 2 fully saturated rings. The summed E-state index contributed by atoms with van der Waals surface area (Å²) in [7, 11) is 6.14. The molecule has 0 spiro atoms. The zero-order valence-corrected chi connectivity index (χ0v) is 17.3. The van der Waals surface area contributed by atoms with Crippen LogP contribution in [0.15, 0.2) is 0 Å². The van der Waals surface area contributed by atoms with Gasteiger partial charge in [-0.1, -0.05) is 0 Å². The standard InChI is InChI=1S/C15H33BN3O5P/c1-12-6-18(4)7-13(23-12)11-22-25(20,17(2)3)19-8-14(10-21-5)24-15(16)9-19/h12-15H,6-11,16H2,1-5H3/t12-,13-,14-,15+,25?/m0/s1. The molecular weight excluding hydrogens is 344 g/mol. The SMILES string of the molecule is B[C@H]1CN(P(=O)(OC[C@@H]2CN(C)C[C@H](C)O2)N(C)C)C[C@@H](COC)O1. The summed E-state index contributed by atoms with van der Waals surface area (Å²) in [6, 6.07) is -0.0251. The van der Waals surface area contributed by atoms with E-state index in [1.807, 2.05) is 19.4 Å². The Balaban J connectivity index is 2.03. The lowest BCUT2D eigenvalue weighted by Crippen LogP contribution is -2.50. The quantitative estimate of drug-likeness (QED) is 0.443. The Hall–Kier alpha value is 0.0149. The number of hydrogen-bond acceptors (Lipinski definition) is 6. The molecular formula is C15H33BN3O5P. The summed E-state index contributed by atoms with van der Waals surface area (Å²) in [6.45, 7) is 5.61. The molecule has 2 saturated heterocycles. The summed E-state index contributed by atoms with van der Waals surface area (Å²) in [5.41, 5.74) is 0. The van der Waals surface area contributed by atoms with Gasteiger partial charge in [0.2, 0.25) is 0 Å². The minimum absolute atomic E-state index is 0.0251. The minimum atomic E-state index is -3.14. The third kappa shape index (κ3) is 5.74. The van der Waals surface area contributed by atoms with E-state index < -0.39 is 7.67 Å². The number of rotatable bonds is 7. The highest BCUT2D eigenvalue weighted by Gasteiger charge is 2.41. The van der Waals surface area contributed by atoms with Crippen LogP contribution in [-0.2, 0) is 23.3 Å². The van der Waals surface area contributed by atoms with Crippen molar-refractivity contribution in [1.29, 1.82) is 0 Å². The van der Waals surface area contributed by atoms with Crippen molar-refractivity contribution < 1.29 is 23.3 Å². The van der Waals surface area contributed by atoms with Gasteiger partial charge >= 0.3 is 7.67 Å². The van der Waals surface area contributed by atoms with Crippen LogP contribution in [0.4, 0.5) is 0 Å². The predicted octanol–water partition coefficient (Wildman–Crippen LogP) is -0.302. The maximum atomic E-state index is 13.6. The topological polar surface area (TPSA) is 63.7 Å². The fourth-order valence-electron chi connectivity index (χ4n) is 3.50. The first-order valence-corrected chi connectivity index (χ1v) is 10.4. The van der Waals surface area contributed by atoms with Crippen molar-refractivity contribution in [2.45, 2.75) is 31.2 Å². The molecule has 0 aliphatic carbocycles. The van der Waals surface area contributed by atoms with E-state index in [2.05, 4.69) is 11.9 Å². The van der Waals surface area contributed by atoms with E-state index in [4.69, 9.17) is 18.7 Å². The Kier molecular flexibility index (Phi) is 7.92. The number of nitrogens with zero attached hydrogens (tertiary/aromatic N) is 3. The fraction of sp³-hybridized carbons (Fsp3) is 1.00. The highest BCUT2D eigenvalue weighted by atomic mass is 31.2. The largest absolute Gasteiger partial charge is 0.382 e. The summed E-state index contributed by atoms with van der Waals surface area (Å²) in [5.74, 6) is 0. The van der Waals surface area contributed by atoms with Crippen LogP contribution in [0.5, 0.6) is 0 Å². The Morgan fingerprint density at radius 2 is 1.84 bits per heavy atom. The Morgan fingerprint density at radius 3 is 2.44 bits per heavy atom. The van der Waals surface area contributed by atoms with Crippen molar-refractivity contribution in [3.63, 3.8) is 0 Å². The van der Waals surface area contributed by atoms with Gasteiger partial charge in [-0.05, 0) is 28.1 Å². The van der Waals surface area contributed by atoms with Crippen LogP contribution in [0.3, 0.4) is 0 Å². The van der Waals surface area contributed by atoms with Crippen LogP contribution in [-0.4, -0.2) is 114 Å². The first-order valence-electron chi connectivity index (χ1n) is 8.90. The van der Waals surface area contributed by atoms with E-state index >= 15 is 0 Å². The minimum Gasteiger partial charge on any atom is -0.382 e. The van der Waals surface area contributed by atoms with Crippen LogP contribution < -0.4 is 0 Å². The lowest BCUT2D eigenvalue weighted by molar-refractivity contribution is -0.0894. The molecule has 2 rings (SSSR count). The Labute approximate surface area is 152 Å². The highest BCUT2D eigenvalue weighted by molar-refractivity contribution is 7.53. The average Bonchev–Trinajstić information content (AvgIpc) is 2.51. The number of ether oxygens (including phenoxy) is 3. The molecule has 8 nitrogen and oxygen atoms in total. The molecule has 2 aliphatic heterocycles. The zero-order chi connectivity index (χ0) is 18.6. The van der Waals surface area contributed by atoms with Gasteiger partial charge in [-0.15, -0.1) is 0 Å². The van der Waals surface area contributed by atoms with Crippen LogP contribution >= 0.6 is 7.67 Å². The zero-order valence-electron chi connectivity index (χ0n) is 16.4. The van der Waals surface area contributed by atoms with Gasteiger partial charge in [0.1, 0.15) is 7.85 Å². The molecule has 10 heteroatoms. The normalized spacial score (nSPS) is 35.0. The molecule has 0 bridgehead atoms. The second-order valence-corrected chi connectivity index (χ2v) is 9.92. The van der Waals surface area contributed by atoms with E-state index in [0.29, 0.717) is 26.3 Å². The maximum Gasteiger partial charge on any atom is 0.345 e. The third-order valence-corrected chi connectivity index (χ3v) is 7.00. The second kappa shape index (κ2) is 9.28. The summed E-state index contributed by atoms with van der Waals surface area (Å²) in [6.07, 6.45) is -0.0291. The van der Waals surface area contributed by atoms with Gasteiger partial charge in [-0.25, -0.2) is 9.34 Å². The predicted molar refractivity (Wildman–Crippen MR) is 99.7 cm³/mol. The Bertz CT molecular complexity index is 462. The summed E-state index contributed by atoms with van der Waals surface area (Å²) >= 11 is 0. The van der Waals surface area contributed by atoms with Crippen LogP contribution in [0, 0.1) is 0 Å². The molecule has 0 aromatic heterocycles. The van der Waals surface area contributed by atoms with Gasteiger partial charge in [0, 0.05) is 39.3 Å². The maximum absolute atomic E-state index is 13.6. The van der Waals surface area contributed by atoms with Crippen molar-refractivity contribution in [2.24, 2.45) is 0 Å². The molecule has 25 heavy (non-hydrogen) atoms. The van der Waals surface area contributed by atoms with Crippen molar-refractivity contribution in [1.82, 2.24) is 14.2 Å².